The Morgan fingerprint density at radius 2 is 1.95 bits per heavy atom. The second kappa shape index (κ2) is 6.06. The van der Waals surface area contributed by atoms with Crippen molar-refractivity contribution in [1.82, 2.24) is 9.97 Å². The highest BCUT2D eigenvalue weighted by atomic mass is 32.2. The van der Waals surface area contributed by atoms with Crippen LogP contribution in [0, 0.1) is 13.8 Å². The van der Waals surface area contributed by atoms with Gasteiger partial charge < -0.3 is 5.11 Å². The first-order valence-corrected chi connectivity index (χ1v) is 8.52. The Balaban J connectivity index is 1.82. The fourth-order valence-electron chi connectivity index (χ4n) is 2.12. The van der Waals surface area contributed by atoms with Gasteiger partial charge in [-0.05, 0) is 43.7 Å². The maximum Gasteiger partial charge on any atom is 0.173 e. The Morgan fingerprint density at radius 1 is 1.23 bits per heavy atom. The van der Waals surface area contributed by atoms with E-state index in [0.29, 0.717) is 11.3 Å². The van der Waals surface area contributed by atoms with Crippen molar-refractivity contribution in [2.75, 3.05) is 5.75 Å². The summed E-state index contributed by atoms with van der Waals surface area (Å²) in [5, 5.41) is 11.2. The number of Topliss-reactive ketones (excluding diaryl/α,β-unsaturated/α-hetero) is 1. The summed E-state index contributed by atoms with van der Waals surface area (Å²) in [6, 6.07) is 6.31. The largest absolute Gasteiger partial charge is 0.508 e. The Bertz CT molecular complexity index is 841. The number of thioether (sulfide) groups is 1. The molecule has 0 fully saturated rings. The number of ketones is 1. The molecule has 1 aromatic carbocycles. The second-order valence-corrected chi connectivity index (χ2v) is 7.07. The number of nitrogens with zero attached hydrogens (tertiary/aromatic N) is 2. The molecule has 0 aliphatic rings. The van der Waals surface area contributed by atoms with Gasteiger partial charge in [-0.15, -0.1) is 11.3 Å². The number of phenols is 1. The fraction of sp³-hybridized carbons (Fsp3) is 0.188. The van der Waals surface area contributed by atoms with E-state index >= 15 is 0 Å². The number of rotatable bonds is 4. The Hall–Kier alpha value is -1.92. The molecule has 2 heterocycles. The average molecular weight is 330 g/mol. The molecule has 0 bridgehead atoms. The molecule has 4 nitrogen and oxygen atoms in total. The van der Waals surface area contributed by atoms with Crippen LogP contribution in [0.2, 0.25) is 0 Å². The van der Waals surface area contributed by atoms with E-state index in [-0.39, 0.29) is 11.5 Å². The lowest BCUT2D eigenvalue weighted by Crippen LogP contribution is -2.02. The number of carbonyl (C=O) groups excluding carboxylic acids is 1. The van der Waals surface area contributed by atoms with Crippen LogP contribution in [0.1, 0.15) is 20.8 Å². The maximum atomic E-state index is 12.2. The van der Waals surface area contributed by atoms with E-state index < -0.39 is 0 Å². The third-order valence-electron chi connectivity index (χ3n) is 3.46. The Morgan fingerprint density at radius 3 is 2.68 bits per heavy atom. The first-order chi connectivity index (χ1) is 10.6. The first-order valence-electron chi connectivity index (χ1n) is 6.72. The number of aryl methyl sites for hydroxylation is 2. The third-order valence-corrected chi connectivity index (χ3v) is 5.56. The zero-order chi connectivity index (χ0) is 15.7. The average Bonchev–Trinajstić information content (AvgIpc) is 2.81. The van der Waals surface area contributed by atoms with Gasteiger partial charge in [-0.1, -0.05) is 11.8 Å². The van der Waals surface area contributed by atoms with Crippen LogP contribution in [0.5, 0.6) is 5.75 Å². The van der Waals surface area contributed by atoms with Crippen molar-refractivity contribution in [2.45, 2.75) is 18.9 Å². The molecule has 0 amide bonds. The van der Waals surface area contributed by atoms with E-state index in [9.17, 15) is 9.90 Å². The van der Waals surface area contributed by atoms with Gasteiger partial charge in [-0.2, -0.15) is 0 Å². The van der Waals surface area contributed by atoms with Gasteiger partial charge in [0, 0.05) is 15.8 Å². The second-order valence-electron chi connectivity index (χ2n) is 4.90. The lowest BCUT2D eigenvalue weighted by atomic mass is 10.1. The topological polar surface area (TPSA) is 63.1 Å². The predicted octanol–water partition coefficient (Wildman–Crippen LogP) is 3.99. The third kappa shape index (κ3) is 2.84. The van der Waals surface area contributed by atoms with Gasteiger partial charge in [0.1, 0.15) is 21.9 Å². The molecule has 6 heteroatoms. The number of hydrogen-bond donors (Lipinski definition) is 1. The van der Waals surface area contributed by atoms with Crippen molar-refractivity contribution < 1.29 is 9.90 Å². The van der Waals surface area contributed by atoms with Crippen molar-refractivity contribution in [3.63, 3.8) is 0 Å². The molecule has 0 unspecified atom stereocenters. The Labute approximate surface area is 136 Å². The molecule has 112 valence electrons. The molecule has 2 aromatic heterocycles. The summed E-state index contributed by atoms with van der Waals surface area (Å²) in [6.45, 7) is 4.13. The lowest BCUT2D eigenvalue weighted by Gasteiger charge is -2.03. The molecule has 22 heavy (non-hydrogen) atoms. The molecule has 0 saturated heterocycles. The standard InChI is InChI=1S/C16H14N2O2S2/c1-9-10(2)22-16-14(9)15(17-8-18-16)21-7-13(20)11-3-5-12(19)6-4-11/h3-6,8,19H,7H2,1-2H3. The fourth-order valence-corrected chi connectivity index (χ4v) is 4.14. The minimum Gasteiger partial charge on any atom is -0.508 e. The van der Waals surface area contributed by atoms with E-state index in [1.807, 2.05) is 0 Å². The summed E-state index contributed by atoms with van der Waals surface area (Å²) in [7, 11) is 0. The van der Waals surface area contributed by atoms with Crippen molar-refractivity contribution >= 4 is 39.1 Å². The van der Waals surface area contributed by atoms with Gasteiger partial charge in [0.25, 0.3) is 0 Å². The first kappa shape index (κ1) is 15.0. The SMILES string of the molecule is Cc1sc2ncnc(SCC(=O)c3ccc(O)cc3)c2c1C. The molecule has 1 N–H and O–H groups in total. The van der Waals surface area contributed by atoms with Crippen LogP contribution in [-0.4, -0.2) is 26.6 Å². The van der Waals surface area contributed by atoms with Crippen LogP contribution in [0.4, 0.5) is 0 Å². The van der Waals surface area contributed by atoms with Gasteiger partial charge in [0.15, 0.2) is 5.78 Å². The van der Waals surface area contributed by atoms with Crippen molar-refractivity contribution in [3.8, 4) is 5.75 Å². The number of fused-ring (bicyclic) bond motifs is 1. The molecular weight excluding hydrogens is 316 g/mol. The monoisotopic (exact) mass is 330 g/mol. The van der Waals surface area contributed by atoms with Crippen LogP contribution in [0.15, 0.2) is 35.6 Å². The zero-order valence-electron chi connectivity index (χ0n) is 12.2. The Kier molecular flexibility index (Phi) is 4.13. The molecule has 3 rings (SSSR count). The molecule has 0 aliphatic heterocycles. The quantitative estimate of drug-likeness (QED) is 0.445. The number of hydrogen-bond acceptors (Lipinski definition) is 6. The maximum absolute atomic E-state index is 12.2. The molecule has 0 radical (unpaired) electrons. The van der Waals surface area contributed by atoms with E-state index in [4.69, 9.17) is 0 Å². The smallest absolute Gasteiger partial charge is 0.173 e. The van der Waals surface area contributed by atoms with Crippen LogP contribution < -0.4 is 0 Å². The van der Waals surface area contributed by atoms with Crippen molar-refractivity contribution in [1.29, 1.82) is 0 Å². The summed E-state index contributed by atoms with van der Waals surface area (Å²) in [6.07, 6.45) is 1.55. The minimum atomic E-state index is 0.0152. The summed E-state index contributed by atoms with van der Waals surface area (Å²) in [5.74, 6) is 0.484. The van der Waals surface area contributed by atoms with Crippen LogP contribution in [-0.2, 0) is 0 Å². The number of phenolic OH excluding ortho intramolecular Hbond substituents is 1. The highest BCUT2D eigenvalue weighted by Crippen LogP contribution is 2.34. The number of aromatic hydroxyl groups is 1. The molecular formula is C16H14N2O2S2. The number of aromatic nitrogens is 2. The highest BCUT2D eigenvalue weighted by molar-refractivity contribution is 8.00. The van der Waals surface area contributed by atoms with Crippen LogP contribution in [0.25, 0.3) is 10.2 Å². The molecule has 0 aliphatic carbocycles. The van der Waals surface area contributed by atoms with Crippen LogP contribution >= 0.6 is 23.1 Å². The van der Waals surface area contributed by atoms with E-state index in [1.165, 1.54) is 34.3 Å². The number of carbonyl (C=O) groups is 1. The van der Waals surface area contributed by atoms with Gasteiger partial charge >= 0.3 is 0 Å². The van der Waals surface area contributed by atoms with E-state index in [2.05, 4.69) is 23.8 Å². The van der Waals surface area contributed by atoms with Gasteiger partial charge in [-0.3, -0.25) is 4.79 Å². The number of thiophene rings is 1. The summed E-state index contributed by atoms with van der Waals surface area (Å²) < 4.78 is 0. The summed E-state index contributed by atoms with van der Waals surface area (Å²) in [5.41, 5.74) is 1.77. The van der Waals surface area contributed by atoms with Crippen LogP contribution in [0.3, 0.4) is 0 Å². The normalized spacial score (nSPS) is 11.0. The number of benzene rings is 1. The minimum absolute atomic E-state index is 0.0152. The summed E-state index contributed by atoms with van der Waals surface area (Å²) >= 11 is 3.08. The molecule has 3 aromatic rings. The van der Waals surface area contributed by atoms with Gasteiger partial charge in [0.05, 0.1) is 5.75 Å². The van der Waals surface area contributed by atoms with Crippen molar-refractivity contribution in [2.24, 2.45) is 0 Å². The molecule has 0 spiro atoms. The summed E-state index contributed by atoms with van der Waals surface area (Å²) in [4.78, 5) is 23.0. The van der Waals surface area contributed by atoms with Gasteiger partial charge in [-0.25, -0.2) is 9.97 Å². The van der Waals surface area contributed by atoms with E-state index in [0.717, 1.165) is 15.2 Å². The predicted molar refractivity (Wildman–Crippen MR) is 90.1 cm³/mol. The molecule has 0 atom stereocenters. The van der Waals surface area contributed by atoms with Crippen molar-refractivity contribution in [3.05, 3.63) is 46.6 Å². The highest BCUT2D eigenvalue weighted by Gasteiger charge is 2.14. The molecule has 0 saturated carbocycles. The lowest BCUT2D eigenvalue weighted by molar-refractivity contribution is 0.102. The van der Waals surface area contributed by atoms with Gasteiger partial charge in [0.2, 0.25) is 0 Å². The van der Waals surface area contributed by atoms with E-state index in [1.54, 1.807) is 29.8 Å². The zero-order valence-corrected chi connectivity index (χ0v) is 13.8.